The number of imidazole rings is 1. The van der Waals surface area contributed by atoms with Crippen LogP contribution in [0.25, 0.3) is 0 Å². The van der Waals surface area contributed by atoms with Crippen LogP contribution in [0.15, 0.2) is 41.6 Å². The van der Waals surface area contributed by atoms with E-state index in [4.69, 9.17) is 5.73 Å². The highest BCUT2D eigenvalue weighted by Crippen LogP contribution is 2.27. The molecule has 16 heavy (non-hydrogen) atoms. The minimum atomic E-state index is -0.163. The fourth-order valence-electron chi connectivity index (χ4n) is 1.74. The van der Waals surface area contributed by atoms with Gasteiger partial charge in [-0.2, -0.15) is 0 Å². The number of hydrogen-bond donors (Lipinski definition) is 1. The Hall–Kier alpha value is -1.26. The second-order valence-electron chi connectivity index (χ2n) is 3.62. The van der Waals surface area contributed by atoms with Crippen LogP contribution in [0.4, 0.5) is 0 Å². The van der Waals surface area contributed by atoms with Crippen LogP contribution in [-0.2, 0) is 7.05 Å². The van der Waals surface area contributed by atoms with Crippen molar-refractivity contribution < 1.29 is 0 Å². The van der Waals surface area contributed by atoms with Gasteiger partial charge in [-0.1, -0.05) is 18.2 Å². The van der Waals surface area contributed by atoms with Gasteiger partial charge in [0, 0.05) is 24.3 Å². The van der Waals surface area contributed by atoms with E-state index in [0.717, 1.165) is 11.4 Å². The Kier molecular flexibility index (Phi) is 3.31. The summed E-state index contributed by atoms with van der Waals surface area (Å²) in [6.07, 6.45) is 5.75. The van der Waals surface area contributed by atoms with E-state index in [1.54, 1.807) is 18.0 Å². The predicted octanol–water partition coefficient (Wildman–Crippen LogP) is 2.19. The average molecular weight is 233 g/mol. The van der Waals surface area contributed by atoms with Crippen molar-refractivity contribution in [3.05, 3.63) is 48.0 Å². The number of rotatable bonds is 3. The van der Waals surface area contributed by atoms with Gasteiger partial charge in [0.2, 0.25) is 0 Å². The van der Waals surface area contributed by atoms with E-state index in [1.165, 1.54) is 4.90 Å². The largest absolute Gasteiger partial charge is 0.336 e. The summed E-state index contributed by atoms with van der Waals surface area (Å²) in [4.78, 5) is 5.50. The normalized spacial score (nSPS) is 12.7. The average Bonchev–Trinajstić information content (AvgIpc) is 2.74. The Morgan fingerprint density at radius 1 is 1.38 bits per heavy atom. The van der Waals surface area contributed by atoms with Crippen LogP contribution in [0, 0.1) is 0 Å². The molecule has 0 saturated heterocycles. The molecule has 1 aromatic carbocycles. The smallest absolute Gasteiger partial charge is 0.130 e. The van der Waals surface area contributed by atoms with Gasteiger partial charge in [-0.05, 0) is 17.9 Å². The summed E-state index contributed by atoms with van der Waals surface area (Å²) in [5, 5.41) is 0. The lowest BCUT2D eigenvalue weighted by Crippen LogP contribution is -2.17. The van der Waals surface area contributed by atoms with Crippen molar-refractivity contribution in [1.29, 1.82) is 0 Å². The number of aromatic nitrogens is 2. The minimum Gasteiger partial charge on any atom is -0.336 e. The molecule has 1 aromatic heterocycles. The molecule has 0 saturated carbocycles. The molecule has 1 unspecified atom stereocenters. The molecule has 84 valence electrons. The molecule has 0 spiro atoms. The van der Waals surface area contributed by atoms with E-state index in [9.17, 15) is 0 Å². The molecule has 0 amide bonds. The first-order chi connectivity index (χ1) is 7.74. The number of nitrogens with two attached hydrogens (primary N) is 1. The zero-order valence-electron chi connectivity index (χ0n) is 9.42. The first-order valence-corrected chi connectivity index (χ1v) is 6.32. The molecule has 0 aliphatic heterocycles. The molecule has 1 atom stereocenters. The zero-order valence-corrected chi connectivity index (χ0v) is 10.2. The molecule has 2 rings (SSSR count). The van der Waals surface area contributed by atoms with E-state index in [0.29, 0.717) is 0 Å². The van der Waals surface area contributed by atoms with Crippen molar-refractivity contribution in [3.63, 3.8) is 0 Å². The maximum absolute atomic E-state index is 6.24. The third kappa shape index (κ3) is 1.99. The molecule has 3 nitrogen and oxygen atoms in total. The molecule has 2 N–H and O–H groups in total. The Morgan fingerprint density at radius 2 is 2.12 bits per heavy atom. The van der Waals surface area contributed by atoms with Crippen molar-refractivity contribution in [2.45, 2.75) is 10.9 Å². The number of benzene rings is 1. The molecule has 4 heteroatoms. The quantitative estimate of drug-likeness (QED) is 0.826. The highest BCUT2D eigenvalue weighted by molar-refractivity contribution is 7.98. The van der Waals surface area contributed by atoms with Gasteiger partial charge >= 0.3 is 0 Å². The molecule has 0 radical (unpaired) electrons. The summed E-state index contributed by atoms with van der Waals surface area (Å²) in [7, 11) is 1.96. The van der Waals surface area contributed by atoms with Gasteiger partial charge in [0.25, 0.3) is 0 Å². The first-order valence-electron chi connectivity index (χ1n) is 5.09. The van der Waals surface area contributed by atoms with Crippen molar-refractivity contribution in [2.24, 2.45) is 12.8 Å². The minimum absolute atomic E-state index is 0.163. The summed E-state index contributed by atoms with van der Waals surface area (Å²) in [6.45, 7) is 0. The van der Waals surface area contributed by atoms with Gasteiger partial charge in [-0.3, -0.25) is 0 Å². The van der Waals surface area contributed by atoms with Crippen LogP contribution in [0.2, 0.25) is 0 Å². The molecule has 0 fully saturated rings. The van der Waals surface area contributed by atoms with Crippen LogP contribution >= 0.6 is 11.8 Å². The zero-order chi connectivity index (χ0) is 11.5. The topological polar surface area (TPSA) is 43.8 Å². The van der Waals surface area contributed by atoms with Crippen molar-refractivity contribution >= 4 is 11.8 Å². The second kappa shape index (κ2) is 4.72. The Balaban J connectivity index is 2.41. The highest BCUT2D eigenvalue weighted by atomic mass is 32.2. The van der Waals surface area contributed by atoms with Crippen molar-refractivity contribution in [2.75, 3.05) is 6.26 Å². The number of nitrogens with zero attached hydrogens (tertiary/aromatic N) is 2. The summed E-state index contributed by atoms with van der Waals surface area (Å²) < 4.78 is 1.96. The van der Waals surface area contributed by atoms with E-state index >= 15 is 0 Å². The predicted molar refractivity (Wildman–Crippen MR) is 67.5 cm³/mol. The third-order valence-electron chi connectivity index (χ3n) is 2.61. The van der Waals surface area contributed by atoms with Gasteiger partial charge in [0.1, 0.15) is 5.82 Å². The summed E-state index contributed by atoms with van der Waals surface area (Å²) in [5.41, 5.74) is 7.37. The highest BCUT2D eigenvalue weighted by Gasteiger charge is 2.15. The molecular formula is C12H15N3S. The molecular weight excluding hydrogens is 218 g/mol. The second-order valence-corrected chi connectivity index (χ2v) is 4.46. The molecule has 0 bridgehead atoms. The lowest BCUT2D eigenvalue weighted by Gasteiger charge is -2.15. The molecule has 2 aromatic rings. The van der Waals surface area contributed by atoms with E-state index in [1.807, 2.05) is 29.9 Å². The number of thioether (sulfide) groups is 1. The number of hydrogen-bond acceptors (Lipinski definition) is 3. The lowest BCUT2D eigenvalue weighted by atomic mass is 10.1. The lowest BCUT2D eigenvalue weighted by molar-refractivity contribution is 0.708. The van der Waals surface area contributed by atoms with Gasteiger partial charge in [-0.15, -0.1) is 11.8 Å². The van der Waals surface area contributed by atoms with Gasteiger partial charge in [0.05, 0.1) is 6.04 Å². The Labute approximate surface area is 99.7 Å². The van der Waals surface area contributed by atoms with Gasteiger partial charge in [-0.25, -0.2) is 4.98 Å². The van der Waals surface area contributed by atoms with E-state index in [-0.39, 0.29) is 6.04 Å². The number of aryl methyl sites for hydroxylation is 1. The Morgan fingerprint density at radius 3 is 2.75 bits per heavy atom. The first kappa shape index (κ1) is 11.2. The van der Waals surface area contributed by atoms with Crippen LogP contribution in [-0.4, -0.2) is 15.8 Å². The van der Waals surface area contributed by atoms with Crippen molar-refractivity contribution in [1.82, 2.24) is 9.55 Å². The summed E-state index contributed by atoms with van der Waals surface area (Å²) in [6, 6.07) is 8.02. The van der Waals surface area contributed by atoms with Crippen LogP contribution < -0.4 is 5.73 Å². The van der Waals surface area contributed by atoms with Crippen LogP contribution in [0.5, 0.6) is 0 Å². The maximum Gasteiger partial charge on any atom is 0.130 e. The van der Waals surface area contributed by atoms with Crippen LogP contribution in [0.1, 0.15) is 17.4 Å². The monoisotopic (exact) mass is 233 g/mol. The third-order valence-corrected chi connectivity index (χ3v) is 3.42. The fourth-order valence-corrected chi connectivity index (χ4v) is 2.38. The van der Waals surface area contributed by atoms with Gasteiger partial charge < -0.3 is 10.3 Å². The van der Waals surface area contributed by atoms with Gasteiger partial charge in [0.15, 0.2) is 0 Å². The maximum atomic E-state index is 6.24. The molecule has 0 aliphatic rings. The standard InChI is InChI=1S/C12H15N3S/c1-15-8-7-14-12(15)11(13)9-5-3-4-6-10(9)16-2/h3-8,11H,13H2,1-2H3. The van der Waals surface area contributed by atoms with Crippen molar-refractivity contribution in [3.8, 4) is 0 Å². The van der Waals surface area contributed by atoms with Crippen LogP contribution in [0.3, 0.4) is 0 Å². The Bertz CT molecular complexity index is 479. The van der Waals surface area contributed by atoms with E-state index in [2.05, 4.69) is 23.4 Å². The fraction of sp³-hybridized carbons (Fsp3) is 0.250. The molecule has 0 aliphatic carbocycles. The summed E-state index contributed by atoms with van der Waals surface area (Å²) >= 11 is 1.71. The summed E-state index contributed by atoms with van der Waals surface area (Å²) in [5.74, 6) is 0.890. The SMILES string of the molecule is CSc1ccccc1C(N)c1nccn1C. The van der Waals surface area contributed by atoms with E-state index < -0.39 is 0 Å². The molecule has 1 heterocycles.